The minimum absolute atomic E-state index is 0.183. The molecule has 0 atom stereocenters. The molecule has 18 heavy (non-hydrogen) atoms. The Morgan fingerprint density at radius 2 is 1.33 bits per heavy atom. The lowest BCUT2D eigenvalue weighted by Gasteiger charge is -2.18. The van der Waals surface area contributed by atoms with Crippen molar-refractivity contribution >= 4 is 75.6 Å². The molecule has 0 aliphatic rings. The molecule has 1 rings (SSSR count). The number of nitrogens with zero attached hydrogens (tertiary/aromatic N) is 4. The fourth-order valence-corrected chi connectivity index (χ4v) is 1.38. The maximum Gasteiger partial charge on any atom is 0.253 e. The van der Waals surface area contributed by atoms with Gasteiger partial charge in [-0.1, -0.05) is 69.6 Å². The van der Waals surface area contributed by atoms with Crippen molar-refractivity contribution in [2.75, 3.05) is 11.6 Å². The van der Waals surface area contributed by atoms with Crippen molar-refractivity contribution < 1.29 is 5.21 Å². The van der Waals surface area contributed by atoms with E-state index >= 15 is 0 Å². The Balaban J connectivity index is 3.39. The molecule has 11 heteroatoms. The van der Waals surface area contributed by atoms with E-state index in [1.807, 2.05) is 0 Å². The zero-order valence-corrected chi connectivity index (χ0v) is 13.2. The van der Waals surface area contributed by atoms with Gasteiger partial charge >= 0.3 is 0 Å². The molecule has 102 valence electrons. The lowest BCUT2D eigenvalue weighted by molar-refractivity contribution is 0.252. The topological polar surface area (TPSA) is 62.1 Å². The summed E-state index contributed by atoms with van der Waals surface area (Å²) in [6, 6.07) is 0. The molecule has 5 nitrogen and oxygen atoms in total. The molecule has 0 fully saturated rings. The Kier molecular flexibility index (Phi) is 5.40. The summed E-state index contributed by atoms with van der Waals surface area (Å²) in [5.41, 5.74) is 0. The molecule has 0 spiro atoms. The van der Waals surface area contributed by atoms with E-state index in [9.17, 15) is 5.21 Å². The average molecular weight is 375 g/mol. The van der Waals surface area contributed by atoms with Crippen molar-refractivity contribution in [3.05, 3.63) is 11.6 Å². The highest BCUT2D eigenvalue weighted by Gasteiger charge is 2.34. The van der Waals surface area contributed by atoms with Crippen LogP contribution in [0.2, 0.25) is 0 Å². The average Bonchev–Trinajstić information content (AvgIpc) is 2.25. The van der Waals surface area contributed by atoms with Crippen LogP contribution >= 0.6 is 69.6 Å². The van der Waals surface area contributed by atoms with Crippen LogP contribution in [0.15, 0.2) is 0 Å². The molecular formula is C7H6Cl6N4O. The maximum atomic E-state index is 9.53. The van der Waals surface area contributed by atoms with Crippen LogP contribution in [0.25, 0.3) is 0 Å². The Labute approximate surface area is 133 Å². The fourth-order valence-electron chi connectivity index (χ4n) is 0.875. The molecule has 1 N–H and O–H groups in total. The minimum Gasteiger partial charge on any atom is -0.286 e. The summed E-state index contributed by atoms with van der Waals surface area (Å²) >= 11 is 33.9. The summed E-state index contributed by atoms with van der Waals surface area (Å²) < 4.78 is -3.87. The Morgan fingerprint density at radius 1 is 0.944 bits per heavy atom. The molecule has 1 heterocycles. The molecule has 0 radical (unpaired) electrons. The van der Waals surface area contributed by atoms with Crippen molar-refractivity contribution in [1.82, 2.24) is 15.0 Å². The van der Waals surface area contributed by atoms with Gasteiger partial charge in [-0.25, -0.2) is 10.0 Å². The molecule has 0 saturated heterocycles. The van der Waals surface area contributed by atoms with Crippen molar-refractivity contribution in [1.29, 1.82) is 0 Å². The molecule has 0 aromatic carbocycles. The molecule has 1 aromatic heterocycles. The third-order valence-corrected chi connectivity index (χ3v) is 2.68. The van der Waals surface area contributed by atoms with E-state index in [-0.39, 0.29) is 24.1 Å². The zero-order chi connectivity index (χ0) is 14.1. The van der Waals surface area contributed by atoms with Crippen molar-refractivity contribution in [2.24, 2.45) is 0 Å². The number of hydrogen-bond acceptors (Lipinski definition) is 5. The number of hydrogen-bond donors (Lipinski definition) is 1. The predicted octanol–water partition coefficient (Wildman–Crippen LogP) is 3.74. The van der Waals surface area contributed by atoms with E-state index < -0.39 is 7.59 Å². The van der Waals surface area contributed by atoms with Crippen molar-refractivity contribution in [3.63, 3.8) is 0 Å². The van der Waals surface area contributed by atoms with Gasteiger partial charge in [-0.15, -0.1) is 0 Å². The van der Waals surface area contributed by atoms with Gasteiger partial charge in [-0.3, -0.25) is 5.21 Å². The number of anilines is 1. The molecule has 0 saturated carbocycles. The van der Waals surface area contributed by atoms with E-state index in [2.05, 4.69) is 15.0 Å². The number of alkyl halides is 6. The molecule has 0 bridgehead atoms. The Bertz CT molecular complexity index is 399. The summed E-state index contributed by atoms with van der Waals surface area (Å²) in [7, 11) is 0. The highest BCUT2D eigenvalue weighted by atomic mass is 35.6. The highest BCUT2D eigenvalue weighted by molar-refractivity contribution is 6.67. The van der Waals surface area contributed by atoms with Crippen LogP contribution in [0.4, 0.5) is 5.95 Å². The normalized spacial score (nSPS) is 12.7. The van der Waals surface area contributed by atoms with Gasteiger partial charge in [0.05, 0.1) is 0 Å². The second kappa shape index (κ2) is 5.87. The van der Waals surface area contributed by atoms with Gasteiger partial charge in [0.15, 0.2) is 11.6 Å². The lowest BCUT2D eigenvalue weighted by atomic mass is 10.6. The summed E-state index contributed by atoms with van der Waals surface area (Å²) in [5, 5.41) is 10.2. The van der Waals surface area contributed by atoms with Crippen molar-refractivity contribution in [3.8, 4) is 0 Å². The number of rotatable bonds is 2. The van der Waals surface area contributed by atoms with Gasteiger partial charge < -0.3 is 0 Å². The van der Waals surface area contributed by atoms with E-state index in [0.717, 1.165) is 0 Å². The molecule has 1 aromatic rings. The van der Waals surface area contributed by atoms with Gasteiger partial charge in [0, 0.05) is 6.54 Å². The summed E-state index contributed by atoms with van der Waals surface area (Å²) in [6.45, 7) is 1.83. The van der Waals surface area contributed by atoms with Crippen LogP contribution in [0.5, 0.6) is 0 Å². The first kappa shape index (κ1) is 16.6. The molecule has 0 aliphatic heterocycles. The van der Waals surface area contributed by atoms with E-state index in [4.69, 9.17) is 69.6 Å². The van der Waals surface area contributed by atoms with Crippen LogP contribution in [0, 0.1) is 0 Å². The highest BCUT2D eigenvalue weighted by Crippen LogP contribution is 2.40. The van der Waals surface area contributed by atoms with E-state index in [1.165, 1.54) is 0 Å². The van der Waals surface area contributed by atoms with Crippen LogP contribution < -0.4 is 5.06 Å². The molecule has 0 unspecified atom stereocenters. The van der Waals surface area contributed by atoms with Gasteiger partial charge in [-0.05, 0) is 6.92 Å². The van der Waals surface area contributed by atoms with Gasteiger partial charge in [0.2, 0.25) is 7.59 Å². The van der Waals surface area contributed by atoms with Gasteiger partial charge in [0.25, 0.3) is 5.95 Å². The van der Waals surface area contributed by atoms with Crippen LogP contribution in [0.1, 0.15) is 18.6 Å². The van der Waals surface area contributed by atoms with Crippen LogP contribution in [-0.4, -0.2) is 26.7 Å². The number of hydroxylamine groups is 1. The monoisotopic (exact) mass is 372 g/mol. The van der Waals surface area contributed by atoms with Crippen LogP contribution in [0.3, 0.4) is 0 Å². The molecular weight excluding hydrogens is 369 g/mol. The molecule has 0 amide bonds. The first-order valence-electron chi connectivity index (χ1n) is 4.42. The lowest BCUT2D eigenvalue weighted by Crippen LogP contribution is -2.24. The third kappa shape index (κ3) is 4.27. The quantitative estimate of drug-likeness (QED) is 0.631. The fraction of sp³-hybridized carbons (Fsp3) is 0.571. The molecule has 0 aliphatic carbocycles. The Hall–Kier alpha value is 0.510. The van der Waals surface area contributed by atoms with Gasteiger partial charge in [-0.2, -0.15) is 9.97 Å². The number of halogens is 6. The Morgan fingerprint density at radius 3 is 1.61 bits per heavy atom. The largest absolute Gasteiger partial charge is 0.286 e. The third-order valence-electron chi connectivity index (χ3n) is 1.66. The zero-order valence-electron chi connectivity index (χ0n) is 8.71. The maximum absolute atomic E-state index is 9.53. The van der Waals surface area contributed by atoms with Crippen LogP contribution in [-0.2, 0) is 7.59 Å². The van der Waals surface area contributed by atoms with E-state index in [1.54, 1.807) is 6.92 Å². The first-order valence-corrected chi connectivity index (χ1v) is 6.69. The second-order valence-corrected chi connectivity index (χ2v) is 7.56. The summed E-state index contributed by atoms with van der Waals surface area (Å²) in [5.74, 6) is -0.701. The predicted molar refractivity (Wildman–Crippen MR) is 73.1 cm³/mol. The van der Waals surface area contributed by atoms with Gasteiger partial charge in [0.1, 0.15) is 0 Å². The first-order chi connectivity index (χ1) is 8.05. The minimum atomic E-state index is -1.93. The SMILES string of the molecule is CCN(O)c1nc(C(Cl)(Cl)Cl)nc(C(Cl)(Cl)Cl)n1. The smallest absolute Gasteiger partial charge is 0.253 e. The number of aromatic nitrogens is 3. The van der Waals surface area contributed by atoms with Crippen molar-refractivity contribution in [2.45, 2.75) is 14.5 Å². The summed E-state index contributed by atoms with van der Waals surface area (Å²) in [4.78, 5) is 11.3. The summed E-state index contributed by atoms with van der Waals surface area (Å²) in [6.07, 6.45) is 0. The second-order valence-electron chi connectivity index (χ2n) is 2.99. The standard InChI is InChI=1S/C7H6Cl6N4O/c1-2-17(18)5-15-3(6(8,9)10)14-4(16-5)7(11,12)13/h18H,2H2,1H3. The van der Waals surface area contributed by atoms with E-state index in [0.29, 0.717) is 5.06 Å².